The van der Waals surface area contributed by atoms with E-state index in [0.29, 0.717) is 29.4 Å². The number of nitro groups is 1. The number of para-hydroxylation sites is 2. The third-order valence-electron chi connectivity index (χ3n) is 5.70. The van der Waals surface area contributed by atoms with E-state index in [1.54, 1.807) is 67.6 Å². The molecule has 0 saturated heterocycles. The van der Waals surface area contributed by atoms with E-state index in [-0.39, 0.29) is 16.3 Å². The average Bonchev–Trinajstić information content (AvgIpc) is 3.41. The summed E-state index contributed by atoms with van der Waals surface area (Å²) in [6, 6.07) is 22.0. The largest absolute Gasteiger partial charge is 0.492 e. The number of benzene rings is 3. The molecule has 0 bridgehead atoms. The van der Waals surface area contributed by atoms with Crippen LogP contribution in [0.4, 0.5) is 11.4 Å². The van der Waals surface area contributed by atoms with E-state index in [0.717, 1.165) is 9.87 Å². The average molecular weight is 563 g/mol. The molecule has 12 heteroatoms. The number of hydrogen-bond donors (Lipinski definition) is 1. The molecule has 0 radical (unpaired) electrons. The number of ether oxygens (including phenoxy) is 1. The number of nitrogens with zero attached hydrogens (tertiary/aromatic N) is 3. The van der Waals surface area contributed by atoms with Gasteiger partial charge >= 0.3 is 0 Å². The molecule has 0 aliphatic carbocycles. The summed E-state index contributed by atoms with van der Waals surface area (Å²) in [6.07, 6.45) is 1.26. The van der Waals surface area contributed by atoms with Crippen LogP contribution in [-0.2, 0) is 14.8 Å². The maximum absolute atomic E-state index is 13.6. The van der Waals surface area contributed by atoms with Gasteiger partial charge in [-0.3, -0.25) is 19.2 Å². The lowest BCUT2D eigenvalue weighted by Gasteiger charge is -2.25. The molecule has 0 aliphatic heterocycles. The second kappa shape index (κ2) is 12.3. The van der Waals surface area contributed by atoms with E-state index in [1.807, 2.05) is 6.92 Å². The molecule has 0 spiro atoms. The Hall–Kier alpha value is -4.97. The van der Waals surface area contributed by atoms with Gasteiger partial charge in [0.1, 0.15) is 23.8 Å². The van der Waals surface area contributed by atoms with Crippen LogP contribution < -0.4 is 14.5 Å². The van der Waals surface area contributed by atoms with Crippen molar-refractivity contribution in [1.82, 2.24) is 5.43 Å². The van der Waals surface area contributed by atoms with Crippen LogP contribution in [0.1, 0.15) is 18.2 Å². The molecule has 0 fully saturated rings. The van der Waals surface area contributed by atoms with Gasteiger partial charge in [0.2, 0.25) is 0 Å². The van der Waals surface area contributed by atoms with Gasteiger partial charge in [-0.25, -0.2) is 13.8 Å². The molecule has 4 rings (SSSR count). The summed E-state index contributed by atoms with van der Waals surface area (Å²) in [4.78, 5) is 23.3. The monoisotopic (exact) mass is 562 g/mol. The smallest absolute Gasteiger partial charge is 0.269 e. The van der Waals surface area contributed by atoms with Crippen molar-refractivity contribution in [3.05, 3.63) is 106 Å². The van der Waals surface area contributed by atoms with Crippen LogP contribution in [0.3, 0.4) is 0 Å². The van der Waals surface area contributed by atoms with Crippen LogP contribution >= 0.6 is 0 Å². The van der Waals surface area contributed by atoms with Gasteiger partial charge < -0.3 is 9.15 Å². The molecular weight excluding hydrogens is 536 g/mol. The van der Waals surface area contributed by atoms with Crippen molar-refractivity contribution in [1.29, 1.82) is 0 Å². The third-order valence-corrected chi connectivity index (χ3v) is 7.47. The van der Waals surface area contributed by atoms with Gasteiger partial charge in [0.25, 0.3) is 21.6 Å². The first-order valence-electron chi connectivity index (χ1n) is 12.2. The molecule has 4 aromatic rings. The standard InChI is InChI=1S/C28H26N4O7S/c1-3-38-27-7-5-4-6-25(27)31(40(36,37)24-15-8-20(2)9-16-24)19-28(33)30-29-18-23-14-17-26(39-23)21-10-12-22(13-11-21)32(34)35/h4-18H,3,19H2,1-2H3,(H,30,33)/b29-18-. The third kappa shape index (κ3) is 6.53. The highest BCUT2D eigenvalue weighted by Crippen LogP contribution is 2.32. The summed E-state index contributed by atoms with van der Waals surface area (Å²) < 4.78 is 39.5. The molecule has 1 amide bonds. The number of hydrogen-bond acceptors (Lipinski definition) is 8. The van der Waals surface area contributed by atoms with Gasteiger partial charge in [0, 0.05) is 17.7 Å². The summed E-state index contributed by atoms with van der Waals surface area (Å²) in [7, 11) is -4.14. The number of sulfonamides is 1. The van der Waals surface area contributed by atoms with Crippen LogP contribution in [-0.4, -0.2) is 38.6 Å². The van der Waals surface area contributed by atoms with Crippen molar-refractivity contribution in [2.45, 2.75) is 18.7 Å². The minimum absolute atomic E-state index is 0.0232. The molecule has 1 heterocycles. The van der Waals surface area contributed by atoms with Crippen molar-refractivity contribution >= 4 is 33.5 Å². The number of furan rings is 1. The first-order valence-corrected chi connectivity index (χ1v) is 13.6. The fourth-order valence-corrected chi connectivity index (χ4v) is 5.17. The summed E-state index contributed by atoms with van der Waals surface area (Å²) in [6.45, 7) is 3.36. The number of amides is 1. The van der Waals surface area contributed by atoms with E-state index >= 15 is 0 Å². The zero-order valence-corrected chi connectivity index (χ0v) is 22.5. The Kier molecular flexibility index (Phi) is 8.60. The minimum Gasteiger partial charge on any atom is -0.492 e. The minimum atomic E-state index is -4.14. The maximum Gasteiger partial charge on any atom is 0.269 e. The molecule has 3 aromatic carbocycles. The van der Waals surface area contributed by atoms with Crippen LogP contribution in [0, 0.1) is 17.0 Å². The summed E-state index contributed by atoms with van der Waals surface area (Å²) >= 11 is 0. The van der Waals surface area contributed by atoms with Crippen LogP contribution in [0.25, 0.3) is 11.3 Å². The zero-order chi connectivity index (χ0) is 28.7. The predicted octanol–water partition coefficient (Wildman–Crippen LogP) is 4.91. The first kappa shape index (κ1) is 28.0. The zero-order valence-electron chi connectivity index (χ0n) is 21.7. The number of carbonyl (C=O) groups is 1. The Morgan fingerprint density at radius 3 is 2.42 bits per heavy atom. The van der Waals surface area contributed by atoms with Gasteiger partial charge in [-0.15, -0.1) is 0 Å². The highest BCUT2D eigenvalue weighted by molar-refractivity contribution is 7.92. The predicted molar refractivity (Wildman–Crippen MR) is 150 cm³/mol. The number of hydrazone groups is 1. The van der Waals surface area contributed by atoms with Crippen LogP contribution in [0.15, 0.2) is 99.3 Å². The van der Waals surface area contributed by atoms with Gasteiger partial charge in [-0.05, 0) is 62.4 Å². The van der Waals surface area contributed by atoms with Crippen molar-refractivity contribution in [3.63, 3.8) is 0 Å². The van der Waals surface area contributed by atoms with E-state index in [2.05, 4.69) is 10.5 Å². The van der Waals surface area contributed by atoms with Gasteiger partial charge in [-0.1, -0.05) is 29.8 Å². The highest BCUT2D eigenvalue weighted by Gasteiger charge is 2.29. The molecule has 1 aromatic heterocycles. The van der Waals surface area contributed by atoms with E-state index in [9.17, 15) is 23.3 Å². The number of aryl methyl sites for hydroxylation is 1. The Morgan fingerprint density at radius 1 is 1.05 bits per heavy atom. The number of nitro benzene ring substituents is 1. The van der Waals surface area contributed by atoms with E-state index in [1.165, 1.54) is 30.5 Å². The molecule has 11 nitrogen and oxygen atoms in total. The molecule has 0 atom stereocenters. The molecule has 0 unspecified atom stereocenters. The molecule has 0 saturated carbocycles. The fourth-order valence-electron chi connectivity index (χ4n) is 3.74. The van der Waals surface area contributed by atoms with Gasteiger partial charge in [0.15, 0.2) is 0 Å². The SMILES string of the molecule is CCOc1ccccc1N(CC(=O)N/N=C\c1ccc(-c2ccc([N+](=O)[O-])cc2)o1)S(=O)(=O)c1ccc(C)cc1. The summed E-state index contributed by atoms with van der Waals surface area (Å²) in [5.74, 6) is 0.372. The fraction of sp³-hybridized carbons (Fsp3) is 0.143. The molecule has 206 valence electrons. The second-order valence-corrected chi connectivity index (χ2v) is 10.4. The highest BCUT2D eigenvalue weighted by atomic mass is 32.2. The number of non-ortho nitro benzene ring substituents is 1. The lowest BCUT2D eigenvalue weighted by Crippen LogP contribution is -2.39. The number of carbonyl (C=O) groups excluding carboxylic acids is 1. The summed E-state index contributed by atoms with van der Waals surface area (Å²) in [5.41, 5.74) is 4.02. The van der Waals surface area contributed by atoms with Crippen LogP contribution in [0.5, 0.6) is 5.75 Å². The van der Waals surface area contributed by atoms with E-state index in [4.69, 9.17) is 9.15 Å². The van der Waals surface area contributed by atoms with Gasteiger partial charge in [0.05, 0.1) is 28.3 Å². The number of nitrogens with one attached hydrogen (secondary N) is 1. The van der Waals surface area contributed by atoms with Crippen molar-refractivity contribution < 1.29 is 27.3 Å². The molecule has 1 N–H and O–H groups in total. The second-order valence-electron chi connectivity index (χ2n) is 8.52. The normalized spacial score (nSPS) is 11.3. The Balaban J connectivity index is 1.52. The Bertz CT molecular complexity index is 1630. The first-order chi connectivity index (χ1) is 19.2. The lowest BCUT2D eigenvalue weighted by atomic mass is 10.1. The van der Waals surface area contributed by atoms with Crippen LogP contribution in [0.2, 0.25) is 0 Å². The molecule has 0 aliphatic rings. The number of rotatable bonds is 11. The Labute approximate surface area is 230 Å². The van der Waals surface area contributed by atoms with Crippen molar-refractivity contribution in [2.24, 2.45) is 5.10 Å². The topological polar surface area (TPSA) is 144 Å². The number of anilines is 1. The summed E-state index contributed by atoms with van der Waals surface area (Å²) in [5, 5.41) is 14.7. The molecule has 40 heavy (non-hydrogen) atoms. The van der Waals surface area contributed by atoms with E-state index < -0.39 is 27.4 Å². The maximum atomic E-state index is 13.6. The Morgan fingerprint density at radius 2 is 1.75 bits per heavy atom. The van der Waals surface area contributed by atoms with Crippen molar-refractivity contribution in [2.75, 3.05) is 17.5 Å². The molecular formula is C28H26N4O7S. The lowest BCUT2D eigenvalue weighted by molar-refractivity contribution is -0.384. The quantitative estimate of drug-likeness (QED) is 0.155. The van der Waals surface area contributed by atoms with Crippen molar-refractivity contribution in [3.8, 4) is 17.1 Å². The van der Waals surface area contributed by atoms with Gasteiger partial charge in [-0.2, -0.15) is 5.10 Å².